The molecule has 0 bridgehead atoms. The number of thioether (sulfide) groups is 2. The highest BCUT2D eigenvalue weighted by atomic mass is 32.2. The van der Waals surface area contributed by atoms with E-state index in [1.54, 1.807) is 11.8 Å². The topological polar surface area (TPSA) is 79.8 Å². The third kappa shape index (κ3) is 3.70. The first kappa shape index (κ1) is 13.4. The van der Waals surface area contributed by atoms with Gasteiger partial charge in [-0.3, -0.25) is 4.79 Å². The van der Waals surface area contributed by atoms with Crippen LogP contribution in [0.1, 0.15) is 18.9 Å². The number of nitrogens with two attached hydrogens (primary N) is 1. The van der Waals surface area contributed by atoms with Gasteiger partial charge in [-0.05, 0) is 23.7 Å². The second kappa shape index (κ2) is 6.78. The van der Waals surface area contributed by atoms with E-state index in [1.165, 1.54) is 23.3 Å². The molecule has 4 nitrogen and oxygen atoms in total. The Morgan fingerprint density at radius 2 is 2.38 bits per heavy atom. The Morgan fingerprint density at radius 3 is 2.94 bits per heavy atom. The molecule has 16 heavy (non-hydrogen) atoms. The molecule has 1 aromatic heterocycles. The quantitative estimate of drug-likeness (QED) is 0.803. The van der Waals surface area contributed by atoms with Crippen molar-refractivity contribution in [3.8, 4) is 6.07 Å². The number of rotatable bonds is 6. The van der Waals surface area contributed by atoms with Crippen molar-refractivity contribution in [1.29, 1.82) is 5.26 Å². The molecule has 7 heteroatoms. The highest BCUT2D eigenvalue weighted by molar-refractivity contribution is 8.01. The summed E-state index contributed by atoms with van der Waals surface area (Å²) >= 11 is 4.16. The maximum absolute atomic E-state index is 10.6. The van der Waals surface area contributed by atoms with Crippen LogP contribution in [0.5, 0.6) is 0 Å². The van der Waals surface area contributed by atoms with Gasteiger partial charge in [0.05, 0.1) is 9.96 Å². The van der Waals surface area contributed by atoms with Crippen LogP contribution in [0, 0.1) is 11.3 Å². The Labute approximate surface area is 107 Å². The Bertz CT molecular complexity index is 411. The zero-order valence-electron chi connectivity index (χ0n) is 8.73. The molecule has 0 atom stereocenters. The van der Waals surface area contributed by atoms with Gasteiger partial charge in [-0.15, -0.1) is 11.8 Å². The fraction of sp³-hybridized carbons (Fsp3) is 0.444. The second-order valence-corrected chi connectivity index (χ2v) is 5.97. The fourth-order valence-electron chi connectivity index (χ4n) is 0.886. The molecule has 0 aromatic carbocycles. The first-order valence-corrected chi connectivity index (χ1v) is 7.37. The number of primary amides is 1. The predicted octanol–water partition coefficient (Wildman–Crippen LogP) is 2.09. The minimum atomic E-state index is -0.398. The van der Waals surface area contributed by atoms with Crippen molar-refractivity contribution in [2.24, 2.45) is 5.73 Å². The Morgan fingerprint density at radius 1 is 1.62 bits per heavy atom. The van der Waals surface area contributed by atoms with Crippen molar-refractivity contribution < 1.29 is 4.79 Å². The standard InChI is InChI=1S/C9H11N3OS3/c1-2-3-14-9-6(4-10)8(12-16-9)15-5-7(11)13/h2-3,5H2,1H3,(H2,11,13). The summed E-state index contributed by atoms with van der Waals surface area (Å²) in [6.45, 7) is 2.09. The lowest BCUT2D eigenvalue weighted by molar-refractivity contribution is -0.115. The van der Waals surface area contributed by atoms with Crippen molar-refractivity contribution in [2.75, 3.05) is 11.5 Å². The average molecular weight is 273 g/mol. The Kier molecular flexibility index (Phi) is 5.66. The number of hydrogen-bond acceptors (Lipinski definition) is 6. The highest BCUT2D eigenvalue weighted by Crippen LogP contribution is 2.34. The summed E-state index contributed by atoms with van der Waals surface area (Å²) < 4.78 is 5.09. The van der Waals surface area contributed by atoms with Crippen LogP contribution in [0.2, 0.25) is 0 Å². The number of hydrogen-bond donors (Lipinski definition) is 1. The summed E-state index contributed by atoms with van der Waals surface area (Å²) in [6.07, 6.45) is 1.05. The monoisotopic (exact) mass is 273 g/mol. The zero-order chi connectivity index (χ0) is 12.0. The zero-order valence-corrected chi connectivity index (χ0v) is 11.2. The van der Waals surface area contributed by atoms with Crippen LogP contribution in [0.25, 0.3) is 0 Å². The predicted molar refractivity (Wildman–Crippen MR) is 67.8 cm³/mol. The molecule has 0 saturated heterocycles. The van der Waals surface area contributed by atoms with Gasteiger partial charge in [-0.2, -0.15) is 9.64 Å². The lowest BCUT2D eigenvalue weighted by Crippen LogP contribution is -2.13. The van der Waals surface area contributed by atoms with Crippen LogP contribution < -0.4 is 5.73 Å². The molecule has 0 unspecified atom stereocenters. The van der Waals surface area contributed by atoms with Crippen molar-refractivity contribution in [3.05, 3.63) is 5.56 Å². The number of carbonyl (C=O) groups is 1. The molecule has 0 saturated carbocycles. The molecule has 86 valence electrons. The minimum Gasteiger partial charge on any atom is -0.369 e. The summed E-state index contributed by atoms with van der Waals surface area (Å²) in [5, 5.41) is 9.64. The lowest BCUT2D eigenvalue weighted by Gasteiger charge is -1.96. The van der Waals surface area contributed by atoms with Gasteiger partial charge in [-0.25, -0.2) is 0 Å². The molecule has 0 aliphatic heterocycles. The molecular formula is C9H11N3OS3. The number of amides is 1. The molecule has 1 rings (SSSR count). The van der Waals surface area contributed by atoms with Crippen LogP contribution >= 0.6 is 35.1 Å². The maximum Gasteiger partial charge on any atom is 0.227 e. The third-order valence-electron chi connectivity index (χ3n) is 1.53. The SMILES string of the molecule is CCCSc1snc(SCC(N)=O)c1C#N. The second-order valence-electron chi connectivity index (χ2n) is 2.87. The van der Waals surface area contributed by atoms with Crippen LogP contribution in [0.3, 0.4) is 0 Å². The van der Waals surface area contributed by atoms with E-state index in [4.69, 9.17) is 11.0 Å². The van der Waals surface area contributed by atoms with Crippen LogP contribution in [-0.4, -0.2) is 21.8 Å². The van der Waals surface area contributed by atoms with Gasteiger partial charge in [0, 0.05) is 0 Å². The molecule has 1 amide bonds. The van der Waals surface area contributed by atoms with Gasteiger partial charge < -0.3 is 5.73 Å². The Balaban J connectivity index is 2.74. The number of aromatic nitrogens is 1. The molecule has 1 aromatic rings. The maximum atomic E-state index is 10.6. The summed E-state index contributed by atoms with van der Waals surface area (Å²) in [5.41, 5.74) is 5.62. The molecule has 0 aliphatic carbocycles. The van der Waals surface area contributed by atoms with Gasteiger partial charge in [0.2, 0.25) is 5.91 Å². The number of nitriles is 1. The highest BCUT2D eigenvalue weighted by Gasteiger charge is 2.14. The van der Waals surface area contributed by atoms with E-state index in [9.17, 15) is 4.79 Å². The fourth-order valence-corrected chi connectivity index (χ4v) is 3.65. The van der Waals surface area contributed by atoms with Crippen molar-refractivity contribution in [1.82, 2.24) is 4.37 Å². The largest absolute Gasteiger partial charge is 0.369 e. The summed E-state index contributed by atoms with van der Waals surface area (Å²) in [5.74, 6) is 0.734. The average Bonchev–Trinajstić information content (AvgIpc) is 2.65. The van der Waals surface area contributed by atoms with Crippen LogP contribution in [-0.2, 0) is 4.79 Å². The van der Waals surface area contributed by atoms with E-state index < -0.39 is 5.91 Å². The summed E-state index contributed by atoms with van der Waals surface area (Å²) in [4.78, 5) is 10.6. The van der Waals surface area contributed by atoms with Crippen molar-refractivity contribution in [3.63, 3.8) is 0 Å². The molecular weight excluding hydrogens is 262 g/mol. The number of carbonyl (C=O) groups excluding carboxylic acids is 1. The normalized spacial score (nSPS) is 10.0. The summed E-state index contributed by atoms with van der Waals surface area (Å²) in [6, 6.07) is 2.13. The van der Waals surface area contributed by atoms with Crippen molar-refractivity contribution in [2.45, 2.75) is 22.6 Å². The molecule has 0 aliphatic rings. The van der Waals surface area contributed by atoms with E-state index in [2.05, 4.69) is 17.4 Å². The third-order valence-corrected chi connectivity index (χ3v) is 4.94. The molecule has 0 radical (unpaired) electrons. The van der Waals surface area contributed by atoms with E-state index in [1.807, 2.05) is 0 Å². The van der Waals surface area contributed by atoms with Crippen LogP contribution in [0.15, 0.2) is 9.24 Å². The van der Waals surface area contributed by atoms with Crippen LogP contribution in [0.4, 0.5) is 0 Å². The van der Waals surface area contributed by atoms with E-state index >= 15 is 0 Å². The Hall–Kier alpha value is -0.710. The van der Waals surface area contributed by atoms with Gasteiger partial charge in [0.25, 0.3) is 0 Å². The molecule has 2 N–H and O–H groups in total. The van der Waals surface area contributed by atoms with Gasteiger partial charge in [-0.1, -0.05) is 18.7 Å². The minimum absolute atomic E-state index is 0.163. The van der Waals surface area contributed by atoms with Gasteiger partial charge in [0.1, 0.15) is 16.7 Å². The summed E-state index contributed by atoms with van der Waals surface area (Å²) in [7, 11) is 0. The van der Waals surface area contributed by atoms with E-state index in [-0.39, 0.29) is 5.75 Å². The molecule has 0 spiro atoms. The molecule has 1 heterocycles. The lowest BCUT2D eigenvalue weighted by atomic mass is 10.4. The number of nitrogens with zero attached hydrogens (tertiary/aromatic N) is 2. The van der Waals surface area contributed by atoms with E-state index in [0.29, 0.717) is 10.6 Å². The van der Waals surface area contributed by atoms with Crippen molar-refractivity contribution >= 4 is 41.0 Å². The van der Waals surface area contributed by atoms with Gasteiger partial charge in [0.15, 0.2) is 0 Å². The first-order chi connectivity index (χ1) is 7.69. The van der Waals surface area contributed by atoms with E-state index in [0.717, 1.165) is 16.4 Å². The first-order valence-electron chi connectivity index (χ1n) is 4.62. The molecule has 0 fully saturated rings. The van der Waals surface area contributed by atoms with Gasteiger partial charge >= 0.3 is 0 Å². The smallest absolute Gasteiger partial charge is 0.227 e.